The molecule has 0 spiro atoms. The first-order chi connectivity index (χ1) is 10.0. The van der Waals surface area contributed by atoms with Crippen LogP contribution in [0.15, 0.2) is 36.4 Å². The Bertz CT molecular complexity index is 635. The van der Waals surface area contributed by atoms with Gasteiger partial charge in [-0.2, -0.15) is 0 Å². The number of pyridine rings is 1. The number of hydrogen-bond donors (Lipinski definition) is 1. The molecule has 0 unspecified atom stereocenters. The third kappa shape index (κ3) is 3.60. The van der Waals surface area contributed by atoms with Crippen LogP contribution < -0.4 is 10.2 Å². The van der Waals surface area contributed by atoms with Crippen molar-refractivity contribution in [3.8, 4) is 0 Å². The molecule has 1 aromatic carbocycles. The van der Waals surface area contributed by atoms with Gasteiger partial charge in [0.05, 0.1) is 0 Å². The maximum atomic E-state index is 12.6. The van der Waals surface area contributed by atoms with Gasteiger partial charge in [-0.1, -0.05) is 17.7 Å². The first kappa shape index (κ1) is 15.0. The molecule has 0 fully saturated rings. The van der Waals surface area contributed by atoms with E-state index >= 15 is 0 Å². The molecular formula is C17H21N3O. The number of hydrogen-bond acceptors (Lipinski definition) is 3. The normalized spacial score (nSPS) is 10.3. The number of rotatable bonds is 4. The zero-order chi connectivity index (χ0) is 15.4. The minimum absolute atomic E-state index is 0.0384. The molecule has 0 saturated heterocycles. The van der Waals surface area contributed by atoms with Crippen LogP contribution in [-0.2, 0) is 0 Å². The Morgan fingerprint density at radius 3 is 2.48 bits per heavy atom. The summed E-state index contributed by atoms with van der Waals surface area (Å²) in [6, 6.07) is 11.5. The highest BCUT2D eigenvalue weighted by Gasteiger charge is 2.15. The van der Waals surface area contributed by atoms with Crippen LogP contribution in [0.4, 0.5) is 11.5 Å². The van der Waals surface area contributed by atoms with Crippen LogP contribution in [0.25, 0.3) is 0 Å². The number of aryl methyl sites for hydroxylation is 2. The van der Waals surface area contributed by atoms with Crippen molar-refractivity contribution in [3.05, 3.63) is 53.2 Å². The van der Waals surface area contributed by atoms with Crippen LogP contribution in [0, 0.1) is 13.8 Å². The standard InChI is InChI=1S/C17H21N3O/c1-5-18-16-11-14(10-13(3)19-16)17(21)20(4)15-8-6-12(2)7-9-15/h6-11H,5H2,1-4H3,(H,18,19). The fourth-order valence-electron chi connectivity index (χ4n) is 2.14. The number of carbonyl (C=O) groups is 1. The lowest BCUT2D eigenvalue weighted by molar-refractivity contribution is 0.0993. The molecule has 1 aromatic heterocycles. The first-order valence-electron chi connectivity index (χ1n) is 7.08. The van der Waals surface area contributed by atoms with Gasteiger partial charge in [0.2, 0.25) is 0 Å². The van der Waals surface area contributed by atoms with Gasteiger partial charge in [0.15, 0.2) is 0 Å². The van der Waals surface area contributed by atoms with Gasteiger partial charge in [0, 0.05) is 30.5 Å². The van der Waals surface area contributed by atoms with E-state index < -0.39 is 0 Å². The third-order valence-electron chi connectivity index (χ3n) is 3.28. The van der Waals surface area contributed by atoms with E-state index in [4.69, 9.17) is 0 Å². The van der Waals surface area contributed by atoms with Crippen molar-refractivity contribution in [2.24, 2.45) is 0 Å². The molecule has 0 aliphatic rings. The van der Waals surface area contributed by atoms with E-state index in [-0.39, 0.29) is 5.91 Å². The minimum Gasteiger partial charge on any atom is -0.370 e. The fourth-order valence-corrected chi connectivity index (χ4v) is 2.14. The summed E-state index contributed by atoms with van der Waals surface area (Å²) in [5.41, 5.74) is 3.52. The van der Waals surface area contributed by atoms with Crippen molar-refractivity contribution in [1.82, 2.24) is 4.98 Å². The number of benzene rings is 1. The van der Waals surface area contributed by atoms with E-state index in [9.17, 15) is 4.79 Å². The second kappa shape index (κ2) is 6.39. The van der Waals surface area contributed by atoms with E-state index in [1.54, 1.807) is 18.0 Å². The van der Waals surface area contributed by atoms with Gasteiger partial charge in [-0.15, -0.1) is 0 Å². The van der Waals surface area contributed by atoms with E-state index in [2.05, 4.69) is 10.3 Å². The van der Waals surface area contributed by atoms with Crippen LogP contribution >= 0.6 is 0 Å². The molecule has 0 aliphatic heterocycles. The zero-order valence-corrected chi connectivity index (χ0v) is 13.0. The van der Waals surface area contributed by atoms with Crippen LogP contribution in [0.2, 0.25) is 0 Å². The number of aromatic nitrogens is 1. The molecule has 1 amide bonds. The Balaban J connectivity index is 2.28. The predicted octanol–water partition coefficient (Wildman–Crippen LogP) is 3.41. The average Bonchev–Trinajstić information content (AvgIpc) is 2.46. The molecular weight excluding hydrogens is 262 g/mol. The minimum atomic E-state index is -0.0384. The Morgan fingerprint density at radius 1 is 1.19 bits per heavy atom. The second-order valence-electron chi connectivity index (χ2n) is 5.11. The molecule has 0 aliphatic carbocycles. The van der Waals surface area contributed by atoms with Gasteiger partial charge in [-0.3, -0.25) is 4.79 Å². The summed E-state index contributed by atoms with van der Waals surface area (Å²) in [6.45, 7) is 6.70. The Kier molecular flexibility index (Phi) is 4.58. The van der Waals surface area contributed by atoms with Gasteiger partial charge in [-0.05, 0) is 45.0 Å². The number of anilines is 2. The Morgan fingerprint density at radius 2 is 1.86 bits per heavy atom. The molecule has 4 nitrogen and oxygen atoms in total. The Hall–Kier alpha value is -2.36. The molecule has 110 valence electrons. The van der Waals surface area contributed by atoms with Crippen molar-refractivity contribution in [2.75, 3.05) is 23.8 Å². The largest absolute Gasteiger partial charge is 0.370 e. The van der Waals surface area contributed by atoms with E-state index in [0.29, 0.717) is 5.56 Å². The summed E-state index contributed by atoms with van der Waals surface area (Å²) in [5, 5.41) is 3.15. The van der Waals surface area contributed by atoms with E-state index in [1.807, 2.05) is 51.1 Å². The van der Waals surface area contributed by atoms with Crippen molar-refractivity contribution < 1.29 is 4.79 Å². The second-order valence-corrected chi connectivity index (χ2v) is 5.11. The molecule has 0 atom stereocenters. The van der Waals surface area contributed by atoms with Crippen LogP contribution in [0.5, 0.6) is 0 Å². The molecule has 1 heterocycles. The number of amides is 1. The maximum Gasteiger partial charge on any atom is 0.258 e. The summed E-state index contributed by atoms with van der Waals surface area (Å²) in [4.78, 5) is 18.6. The molecule has 0 saturated carbocycles. The molecule has 4 heteroatoms. The van der Waals surface area contributed by atoms with Crippen molar-refractivity contribution >= 4 is 17.4 Å². The summed E-state index contributed by atoms with van der Waals surface area (Å²) in [5.74, 6) is 0.696. The highest BCUT2D eigenvalue weighted by Crippen LogP contribution is 2.18. The Labute approximate surface area is 125 Å². The summed E-state index contributed by atoms with van der Waals surface area (Å²) in [7, 11) is 1.79. The molecule has 2 aromatic rings. The van der Waals surface area contributed by atoms with Crippen molar-refractivity contribution in [3.63, 3.8) is 0 Å². The maximum absolute atomic E-state index is 12.6. The quantitative estimate of drug-likeness (QED) is 0.935. The average molecular weight is 283 g/mol. The lowest BCUT2D eigenvalue weighted by Gasteiger charge is -2.18. The molecule has 1 N–H and O–H groups in total. The molecule has 21 heavy (non-hydrogen) atoms. The first-order valence-corrected chi connectivity index (χ1v) is 7.08. The lowest BCUT2D eigenvalue weighted by Crippen LogP contribution is -2.26. The predicted molar refractivity (Wildman–Crippen MR) is 87.1 cm³/mol. The number of carbonyl (C=O) groups excluding carboxylic acids is 1. The van der Waals surface area contributed by atoms with Gasteiger partial charge < -0.3 is 10.2 Å². The highest BCUT2D eigenvalue weighted by molar-refractivity contribution is 6.06. The molecule has 0 bridgehead atoms. The summed E-state index contributed by atoms with van der Waals surface area (Å²) >= 11 is 0. The highest BCUT2D eigenvalue weighted by atomic mass is 16.2. The van der Waals surface area contributed by atoms with Gasteiger partial charge >= 0.3 is 0 Å². The fraction of sp³-hybridized carbons (Fsp3) is 0.294. The van der Waals surface area contributed by atoms with Crippen LogP contribution in [0.3, 0.4) is 0 Å². The summed E-state index contributed by atoms with van der Waals surface area (Å²) in [6.07, 6.45) is 0. The topological polar surface area (TPSA) is 45.2 Å². The van der Waals surface area contributed by atoms with Crippen LogP contribution in [0.1, 0.15) is 28.5 Å². The monoisotopic (exact) mass is 283 g/mol. The third-order valence-corrected chi connectivity index (χ3v) is 3.28. The molecule has 0 radical (unpaired) electrons. The smallest absolute Gasteiger partial charge is 0.258 e. The van der Waals surface area contributed by atoms with Gasteiger partial charge in [0.25, 0.3) is 5.91 Å². The number of nitrogens with zero attached hydrogens (tertiary/aromatic N) is 2. The zero-order valence-electron chi connectivity index (χ0n) is 13.0. The molecule has 2 rings (SSSR count). The number of nitrogens with one attached hydrogen (secondary N) is 1. The lowest BCUT2D eigenvalue weighted by atomic mass is 10.1. The van der Waals surface area contributed by atoms with Gasteiger partial charge in [0.1, 0.15) is 5.82 Å². The van der Waals surface area contributed by atoms with Gasteiger partial charge in [-0.25, -0.2) is 4.98 Å². The SMILES string of the molecule is CCNc1cc(C(=O)N(C)c2ccc(C)cc2)cc(C)n1. The van der Waals surface area contributed by atoms with Crippen molar-refractivity contribution in [2.45, 2.75) is 20.8 Å². The van der Waals surface area contributed by atoms with E-state index in [0.717, 1.165) is 23.7 Å². The van der Waals surface area contributed by atoms with E-state index in [1.165, 1.54) is 5.56 Å². The summed E-state index contributed by atoms with van der Waals surface area (Å²) < 4.78 is 0. The van der Waals surface area contributed by atoms with Crippen LogP contribution in [-0.4, -0.2) is 24.5 Å². The van der Waals surface area contributed by atoms with Crippen molar-refractivity contribution in [1.29, 1.82) is 0 Å².